The highest BCUT2D eigenvalue weighted by Crippen LogP contribution is 2.25. The van der Waals surface area contributed by atoms with E-state index in [9.17, 15) is 13.6 Å². The van der Waals surface area contributed by atoms with Gasteiger partial charge in [0.1, 0.15) is 19.0 Å². The van der Waals surface area contributed by atoms with Crippen molar-refractivity contribution in [3.63, 3.8) is 0 Å². The second kappa shape index (κ2) is 9.69. The first kappa shape index (κ1) is 21.0. The van der Waals surface area contributed by atoms with Crippen LogP contribution in [0.15, 0.2) is 36.4 Å². The second-order valence-corrected chi connectivity index (χ2v) is 7.13. The maximum atomic E-state index is 14.8. The summed E-state index contributed by atoms with van der Waals surface area (Å²) in [5.74, 6) is -1.70. The highest BCUT2D eigenvalue weighted by atomic mass is 19.1. The van der Waals surface area contributed by atoms with E-state index in [2.05, 4.69) is 5.32 Å². The van der Waals surface area contributed by atoms with Crippen molar-refractivity contribution >= 4 is 6.09 Å². The van der Waals surface area contributed by atoms with Gasteiger partial charge in [-0.3, -0.25) is 0 Å². The second-order valence-electron chi connectivity index (χ2n) is 7.13. The number of piperazine rings is 1. The van der Waals surface area contributed by atoms with Crippen LogP contribution in [0.5, 0.6) is 5.75 Å². The summed E-state index contributed by atoms with van der Waals surface area (Å²) >= 11 is 0. The lowest BCUT2D eigenvalue weighted by Gasteiger charge is -2.34. The average Bonchev–Trinajstić information content (AvgIpc) is 2.73. The third kappa shape index (κ3) is 5.23. The van der Waals surface area contributed by atoms with Gasteiger partial charge in [-0.1, -0.05) is 36.8 Å². The minimum atomic E-state index is -0.849. The predicted octanol–water partition coefficient (Wildman–Crippen LogP) is 4.17. The molecular weight excluding hydrogens is 378 g/mol. The number of halogens is 2. The molecule has 1 N–H and O–H groups in total. The smallest absolute Gasteiger partial charge is 0.410 e. The van der Waals surface area contributed by atoms with Crippen LogP contribution in [0.1, 0.15) is 30.0 Å². The Kier molecular flexibility index (Phi) is 7.04. The summed E-state index contributed by atoms with van der Waals surface area (Å²) in [5.41, 5.74) is 1.63. The quantitative estimate of drug-likeness (QED) is 0.785. The molecule has 156 valence electrons. The molecule has 0 aromatic heterocycles. The molecule has 0 bridgehead atoms. The number of rotatable bonds is 6. The van der Waals surface area contributed by atoms with E-state index in [1.165, 1.54) is 6.07 Å². The molecule has 5 nitrogen and oxygen atoms in total. The lowest BCUT2D eigenvalue weighted by atomic mass is 10.1. The molecule has 1 aliphatic rings. The van der Waals surface area contributed by atoms with Gasteiger partial charge in [0.25, 0.3) is 0 Å². The van der Waals surface area contributed by atoms with E-state index in [0.717, 1.165) is 23.6 Å². The number of aryl methyl sites for hydroxylation is 1. The van der Waals surface area contributed by atoms with Crippen molar-refractivity contribution in [1.29, 1.82) is 0 Å². The van der Waals surface area contributed by atoms with E-state index >= 15 is 0 Å². The first-order chi connectivity index (χ1) is 14.0. The minimum absolute atomic E-state index is 0.00920. The van der Waals surface area contributed by atoms with Gasteiger partial charge in [-0.2, -0.15) is 0 Å². The highest BCUT2D eigenvalue weighted by Gasteiger charge is 2.27. The number of carbonyl (C=O) groups is 1. The minimum Gasteiger partial charge on any atom is -0.486 e. The van der Waals surface area contributed by atoms with Crippen molar-refractivity contribution in [2.45, 2.75) is 39.5 Å². The fourth-order valence-electron chi connectivity index (χ4n) is 3.37. The molecule has 0 spiro atoms. The molecule has 29 heavy (non-hydrogen) atoms. The van der Waals surface area contributed by atoms with Crippen LogP contribution in [0.25, 0.3) is 0 Å². The van der Waals surface area contributed by atoms with Gasteiger partial charge in [-0.05, 0) is 31.0 Å². The van der Waals surface area contributed by atoms with Crippen molar-refractivity contribution in [2.75, 3.05) is 19.6 Å². The Labute approximate surface area is 169 Å². The summed E-state index contributed by atoms with van der Waals surface area (Å²) in [6.07, 6.45) is 0.204. The van der Waals surface area contributed by atoms with E-state index in [0.29, 0.717) is 19.6 Å². The average molecular weight is 404 g/mol. The van der Waals surface area contributed by atoms with Crippen LogP contribution >= 0.6 is 0 Å². The molecule has 1 heterocycles. The topological polar surface area (TPSA) is 50.8 Å². The molecule has 0 saturated carbocycles. The van der Waals surface area contributed by atoms with Gasteiger partial charge in [-0.25, -0.2) is 13.6 Å². The predicted molar refractivity (Wildman–Crippen MR) is 106 cm³/mol. The van der Waals surface area contributed by atoms with E-state index in [-0.39, 0.29) is 24.0 Å². The summed E-state index contributed by atoms with van der Waals surface area (Å²) in [6.45, 7) is 5.44. The van der Waals surface area contributed by atoms with Gasteiger partial charge < -0.3 is 19.7 Å². The lowest BCUT2D eigenvalue weighted by Crippen LogP contribution is -2.53. The van der Waals surface area contributed by atoms with E-state index < -0.39 is 24.3 Å². The maximum Gasteiger partial charge on any atom is 0.410 e. The molecule has 2 aromatic rings. The van der Waals surface area contributed by atoms with Crippen molar-refractivity contribution in [2.24, 2.45) is 0 Å². The standard InChI is InChI=1S/C22H26F2N2O3/c1-3-17-12-25-9-10-26(17)22(27)29-14-18-19(23)7-8-20(21(18)24)28-13-16-6-4-5-15(2)11-16/h4-8,11,17,25H,3,9-10,12-14H2,1-2H3/t17-/m1/s1. The van der Waals surface area contributed by atoms with Crippen molar-refractivity contribution in [3.05, 3.63) is 64.7 Å². The van der Waals surface area contributed by atoms with Crippen LogP contribution in [0, 0.1) is 18.6 Å². The number of hydrogen-bond donors (Lipinski definition) is 1. The summed E-state index contributed by atoms with van der Waals surface area (Å²) in [6, 6.07) is 10.0. The van der Waals surface area contributed by atoms with Gasteiger partial charge in [0.15, 0.2) is 11.6 Å². The first-order valence-corrected chi connectivity index (χ1v) is 9.79. The van der Waals surface area contributed by atoms with Crippen molar-refractivity contribution in [1.82, 2.24) is 10.2 Å². The Morgan fingerprint density at radius 1 is 1.24 bits per heavy atom. The van der Waals surface area contributed by atoms with Gasteiger partial charge in [0.05, 0.1) is 5.56 Å². The third-order valence-corrected chi connectivity index (χ3v) is 5.02. The van der Waals surface area contributed by atoms with Crippen LogP contribution in [0.2, 0.25) is 0 Å². The SMILES string of the molecule is CC[C@@H]1CNCCN1C(=O)OCc1c(F)ccc(OCc2cccc(C)c2)c1F. The number of benzene rings is 2. The molecule has 1 aliphatic heterocycles. The molecule has 3 rings (SSSR count). The van der Waals surface area contributed by atoms with Crippen LogP contribution in [0.4, 0.5) is 13.6 Å². The summed E-state index contributed by atoms with van der Waals surface area (Å²) in [4.78, 5) is 14.0. The molecule has 0 radical (unpaired) electrons. The molecule has 0 unspecified atom stereocenters. The largest absolute Gasteiger partial charge is 0.486 e. The molecule has 2 aromatic carbocycles. The molecule has 1 saturated heterocycles. The first-order valence-electron chi connectivity index (χ1n) is 9.79. The van der Waals surface area contributed by atoms with Gasteiger partial charge in [0.2, 0.25) is 0 Å². The van der Waals surface area contributed by atoms with Crippen LogP contribution < -0.4 is 10.1 Å². The third-order valence-electron chi connectivity index (χ3n) is 5.02. The zero-order valence-corrected chi connectivity index (χ0v) is 16.7. The number of nitrogens with one attached hydrogen (secondary N) is 1. The van der Waals surface area contributed by atoms with Crippen molar-refractivity contribution < 1.29 is 23.0 Å². The maximum absolute atomic E-state index is 14.8. The van der Waals surface area contributed by atoms with Gasteiger partial charge in [-0.15, -0.1) is 0 Å². The molecule has 0 aliphatic carbocycles. The summed E-state index contributed by atoms with van der Waals surface area (Å²) in [7, 11) is 0. The van der Waals surface area contributed by atoms with Crippen LogP contribution in [0.3, 0.4) is 0 Å². The Morgan fingerprint density at radius 2 is 2.07 bits per heavy atom. The molecule has 7 heteroatoms. The molecular formula is C22H26F2N2O3. The number of ether oxygens (including phenoxy) is 2. The lowest BCUT2D eigenvalue weighted by molar-refractivity contribution is 0.0697. The zero-order valence-electron chi connectivity index (χ0n) is 16.7. The van der Waals surface area contributed by atoms with Gasteiger partial charge in [0, 0.05) is 25.7 Å². The van der Waals surface area contributed by atoms with E-state index in [4.69, 9.17) is 9.47 Å². The number of carbonyl (C=O) groups excluding carboxylic acids is 1. The number of nitrogens with zero attached hydrogens (tertiary/aromatic N) is 1. The number of hydrogen-bond acceptors (Lipinski definition) is 4. The molecule has 1 amide bonds. The highest BCUT2D eigenvalue weighted by molar-refractivity contribution is 5.68. The van der Waals surface area contributed by atoms with Crippen LogP contribution in [-0.4, -0.2) is 36.7 Å². The van der Waals surface area contributed by atoms with Crippen LogP contribution in [-0.2, 0) is 18.0 Å². The summed E-state index contributed by atoms with van der Waals surface area (Å²) < 4.78 is 39.7. The number of amides is 1. The van der Waals surface area contributed by atoms with Gasteiger partial charge >= 0.3 is 6.09 Å². The molecule has 1 atom stereocenters. The zero-order chi connectivity index (χ0) is 20.8. The van der Waals surface area contributed by atoms with E-state index in [1.807, 2.05) is 38.1 Å². The van der Waals surface area contributed by atoms with Crippen molar-refractivity contribution in [3.8, 4) is 5.75 Å². The summed E-state index contributed by atoms with van der Waals surface area (Å²) in [5, 5.41) is 3.22. The fraction of sp³-hybridized carbons (Fsp3) is 0.409. The molecule has 1 fully saturated rings. The monoisotopic (exact) mass is 404 g/mol. The fourth-order valence-corrected chi connectivity index (χ4v) is 3.37. The van der Waals surface area contributed by atoms with E-state index in [1.54, 1.807) is 4.90 Å². The Bertz CT molecular complexity index is 860. The Balaban J connectivity index is 1.66. The Morgan fingerprint density at radius 3 is 2.83 bits per heavy atom. The normalized spacial score (nSPS) is 16.6. The Hall–Kier alpha value is -2.67.